The highest BCUT2D eigenvalue weighted by Gasteiger charge is 2.34. The van der Waals surface area contributed by atoms with Gasteiger partial charge in [-0.15, -0.1) is 0 Å². The van der Waals surface area contributed by atoms with Crippen molar-refractivity contribution >= 4 is 31.5 Å². The molecule has 0 bridgehead atoms. The number of hydrogen-bond donors (Lipinski definition) is 1. The average Bonchev–Trinajstić information content (AvgIpc) is 2.66. The zero-order valence-electron chi connectivity index (χ0n) is 16.5. The van der Waals surface area contributed by atoms with E-state index >= 15 is 0 Å². The molecule has 0 aliphatic heterocycles. The molecule has 0 amide bonds. The van der Waals surface area contributed by atoms with Gasteiger partial charge >= 0.3 is 0 Å². The molecule has 26 heavy (non-hydrogen) atoms. The van der Waals surface area contributed by atoms with Gasteiger partial charge in [-0.3, -0.25) is 4.98 Å². The summed E-state index contributed by atoms with van der Waals surface area (Å²) in [5.74, 6) is 0.790. The first-order valence-corrected chi connectivity index (χ1v) is 13.5. The molecule has 1 aromatic rings. The third-order valence-electron chi connectivity index (χ3n) is 6.03. The van der Waals surface area contributed by atoms with Crippen molar-refractivity contribution in [2.24, 2.45) is 5.92 Å². The van der Waals surface area contributed by atoms with E-state index in [1.807, 2.05) is 0 Å². The second-order valence-electron chi connectivity index (χ2n) is 7.53. The number of nitrogens with one attached hydrogen (secondary N) is 1. The molecule has 1 heterocycles. The van der Waals surface area contributed by atoms with Crippen LogP contribution in [0.2, 0.25) is 28.2 Å². The smallest absolute Gasteiger partial charge is 0.192 e. The largest absolute Gasteiger partial charge is 0.409 e. The van der Waals surface area contributed by atoms with Crippen LogP contribution in [0.25, 0.3) is 0 Å². The molecule has 6 heteroatoms. The Kier molecular flexibility index (Phi) is 9.38. The van der Waals surface area contributed by atoms with Crippen molar-refractivity contribution in [3.63, 3.8) is 0 Å². The zero-order chi connectivity index (χ0) is 19.0. The summed E-state index contributed by atoms with van der Waals surface area (Å²) in [6.45, 7) is 8.57. The summed E-state index contributed by atoms with van der Waals surface area (Å²) in [6, 6.07) is 3.33. The third kappa shape index (κ3) is 5.93. The highest BCUT2D eigenvalue weighted by molar-refractivity contribution is 6.73. The van der Waals surface area contributed by atoms with Crippen LogP contribution in [-0.4, -0.2) is 26.4 Å². The Hall–Kier alpha value is -0.133. The van der Waals surface area contributed by atoms with E-state index in [2.05, 4.69) is 31.1 Å². The topological polar surface area (TPSA) is 34.1 Å². The van der Waals surface area contributed by atoms with E-state index < -0.39 is 8.32 Å². The summed E-state index contributed by atoms with van der Waals surface area (Å²) in [6.07, 6.45) is 10.0. The third-order valence-corrected chi connectivity index (χ3v) is 11.3. The molecule has 1 saturated carbocycles. The van der Waals surface area contributed by atoms with Gasteiger partial charge in [-0.1, -0.05) is 63.2 Å². The number of nitrogens with zero attached hydrogens (tertiary/aromatic N) is 1. The van der Waals surface area contributed by atoms with E-state index in [-0.39, 0.29) is 6.10 Å². The lowest BCUT2D eigenvalue weighted by atomic mass is 9.89. The van der Waals surface area contributed by atoms with Gasteiger partial charge in [0.1, 0.15) is 0 Å². The van der Waals surface area contributed by atoms with Crippen LogP contribution in [0, 0.1) is 5.92 Å². The van der Waals surface area contributed by atoms with Gasteiger partial charge in [0.2, 0.25) is 0 Å². The Labute approximate surface area is 170 Å². The Morgan fingerprint density at radius 2 is 1.65 bits per heavy atom. The summed E-state index contributed by atoms with van der Waals surface area (Å²) < 4.78 is 6.80. The maximum Gasteiger partial charge on any atom is 0.192 e. The Bertz CT molecular complexity index is 520. The standard InChI is InChI=1S/C20H34Cl2N2OSi/c1-4-26(5-2,6-3)25-19(20-17(21)13-24-14-18(20)22)15-23-12-16-10-8-7-9-11-16/h13-14,16,19,23H,4-12,15H2,1-3H3. The van der Waals surface area contributed by atoms with Crippen LogP contribution < -0.4 is 5.32 Å². The molecule has 1 fully saturated rings. The van der Waals surface area contributed by atoms with Crippen LogP contribution in [0.4, 0.5) is 0 Å². The van der Waals surface area contributed by atoms with E-state index in [1.165, 1.54) is 32.1 Å². The molecule has 1 N–H and O–H groups in total. The maximum absolute atomic E-state index is 6.80. The van der Waals surface area contributed by atoms with Crippen molar-refractivity contribution < 1.29 is 4.43 Å². The quantitative estimate of drug-likeness (QED) is 0.434. The van der Waals surface area contributed by atoms with E-state index in [1.54, 1.807) is 12.4 Å². The molecular formula is C20H34Cl2N2OSi. The normalized spacial score (nSPS) is 17.4. The highest BCUT2D eigenvalue weighted by Crippen LogP contribution is 2.36. The number of rotatable bonds is 10. The molecular weight excluding hydrogens is 383 g/mol. The molecule has 1 unspecified atom stereocenters. The van der Waals surface area contributed by atoms with Crippen LogP contribution in [0.15, 0.2) is 12.4 Å². The van der Waals surface area contributed by atoms with Gasteiger partial charge in [0.05, 0.1) is 16.1 Å². The second-order valence-corrected chi connectivity index (χ2v) is 13.1. The van der Waals surface area contributed by atoms with Crippen LogP contribution in [0.1, 0.15) is 64.5 Å². The van der Waals surface area contributed by atoms with E-state index in [4.69, 9.17) is 27.6 Å². The van der Waals surface area contributed by atoms with E-state index in [9.17, 15) is 0 Å². The predicted molar refractivity (Wildman–Crippen MR) is 115 cm³/mol. The monoisotopic (exact) mass is 416 g/mol. The lowest BCUT2D eigenvalue weighted by molar-refractivity contribution is 0.182. The van der Waals surface area contributed by atoms with Gasteiger partial charge in [-0.05, 0) is 43.4 Å². The van der Waals surface area contributed by atoms with Crippen molar-refractivity contribution in [3.8, 4) is 0 Å². The molecule has 2 rings (SSSR count). The fraction of sp³-hybridized carbons (Fsp3) is 0.750. The van der Waals surface area contributed by atoms with Crippen molar-refractivity contribution in [1.29, 1.82) is 0 Å². The van der Waals surface area contributed by atoms with Crippen molar-refractivity contribution in [2.45, 2.75) is 77.1 Å². The van der Waals surface area contributed by atoms with Crippen molar-refractivity contribution in [3.05, 3.63) is 28.0 Å². The van der Waals surface area contributed by atoms with Crippen LogP contribution >= 0.6 is 23.2 Å². The first-order chi connectivity index (χ1) is 12.5. The second kappa shape index (κ2) is 11.0. The highest BCUT2D eigenvalue weighted by atomic mass is 35.5. The van der Waals surface area contributed by atoms with Crippen molar-refractivity contribution in [2.75, 3.05) is 13.1 Å². The summed E-state index contributed by atoms with van der Waals surface area (Å²) in [5, 5.41) is 4.87. The van der Waals surface area contributed by atoms with Crippen LogP contribution in [0.3, 0.4) is 0 Å². The van der Waals surface area contributed by atoms with Gasteiger partial charge in [0.25, 0.3) is 0 Å². The van der Waals surface area contributed by atoms with Gasteiger partial charge in [-0.2, -0.15) is 0 Å². The molecule has 1 aliphatic carbocycles. The van der Waals surface area contributed by atoms with Crippen LogP contribution in [-0.2, 0) is 4.43 Å². The first kappa shape index (κ1) is 22.2. The van der Waals surface area contributed by atoms with Crippen molar-refractivity contribution in [1.82, 2.24) is 10.3 Å². The summed E-state index contributed by atoms with van der Waals surface area (Å²) in [7, 11) is -1.78. The molecule has 1 aliphatic rings. The number of halogens is 2. The molecule has 0 radical (unpaired) electrons. The fourth-order valence-electron chi connectivity index (χ4n) is 4.04. The molecule has 0 aromatic carbocycles. The van der Waals surface area contributed by atoms with Gasteiger partial charge in [0.15, 0.2) is 8.32 Å². The fourth-order valence-corrected chi connectivity index (χ4v) is 7.46. The Balaban J connectivity index is 2.12. The molecule has 0 saturated heterocycles. The summed E-state index contributed by atoms with van der Waals surface area (Å²) >= 11 is 12.9. The molecule has 0 spiro atoms. The number of aromatic nitrogens is 1. The van der Waals surface area contributed by atoms with Gasteiger partial charge in [-0.25, -0.2) is 0 Å². The van der Waals surface area contributed by atoms with E-state index in [0.29, 0.717) is 10.0 Å². The molecule has 3 nitrogen and oxygen atoms in total. The molecule has 1 atom stereocenters. The number of hydrogen-bond acceptors (Lipinski definition) is 3. The zero-order valence-corrected chi connectivity index (χ0v) is 19.0. The summed E-state index contributed by atoms with van der Waals surface area (Å²) in [4.78, 5) is 4.11. The lowest BCUT2D eigenvalue weighted by Crippen LogP contribution is -2.40. The lowest BCUT2D eigenvalue weighted by Gasteiger charge is -2.34. The maximum atomic E-state index is 6.80. The minimum absolute atomic E-state index is 0.104. The predicted octanol–water partition coefficient (Wildman–Crippen LogP) is 6.62. The molecule has 1 aromatic heterocycles. The van der Waals surface area contributed by atoms with E-state index in [0.717, 1.165) is 42.7 Å². The van der Waals surface area contributed by atoms with Gasteiger partial charge in [0, 0.05) is 24.5 Å². The first-order valence-electron chi connectivity index (χ1n) is 10.2. The Morgan fingerprint density at radius 3 is 2.19 bits per heavy atom. The summed E-state index contributed by atoms with van der Waals surface area (Å²) in [5.41, 5.74) is 0.895. The average molecular weight is 417 g/mol. The molecule has 148 valence electrons. The number of pyridine rings is 1. The minimum atomic E-state index is -1.78. The minimum Gasteiger partial charge on any atom is -0.409 e. The Morgan fingerprint density at radius 1 is 1.08 bits per heavy atom. The van der Waals surface area contributed by atoms with Gasteiger partial charge < -0.3 is 9.74 Å². The SMILES string of the molecule is CC[Si](CC)(CC)OC(CNCC1CCCCC1)c1c(Cl)cncc1Cl. The van der Waals surface area contributed by atoms with Crippen LogP contribution in [0.5, 0.6) is 0 Å².